The van der Waals surface area contributed by atoms with Crippen molar-refractivity contribution in [3.05, 3.63) is 35.9 Å². The van der Waals surface area contributed by atoms with Crippen molar-refractivity contribution in [2.24, 2.45) is 17.4 Å². The Morgan fingerprint density at radius 1 is 1.00 bits per heavy atom. The zero-order chi connectivity index (χ0) is 23.4. The number of carboxylic acid groups (broad SMARTS) is 1. The van der Waals surface area contributed by atoms with Crippen LogP contribution in [0.25, 0.3) is 0 Å². The maximum Gasteiger partial charge on any atom is 0.326 e. The minimum atomic E-state index is -1.20. The van der Waals surface area contributed by atoms with Gasteiger partial charge in [-0.1, -0.05) is 44.2 Å². The van der Waals surface area contributed by atoms with E-state index in [-0.39, 0.29) is 19.6 Å². The molecule has 7 N–H and O–H groups in total. The minimum Gasteiger partial charge on any atom is -0.480 e. The quantitative estimate of drug-likeness (QED) is 0.288. The average molecular weight is 437 g/mol. The van der Waals surface area contributed by atoms with E-state index in [0.717, 1.165) is 12.0 Å². The van der Waals surface area contributed by atoms with E-state index in [9.17, 15) is 19.5 Å². The van der Waals surface area contributed by atoms with Crippen LogP contribution in [0.15, 0.2) is 30.3 Å². The smallest absolute Gasteiger partial charge is 0.326 e. The summed E-state index contributed by atoms with van der Waals surface area (Å²) in [6.07, 6.45) is 0.578. The third-order valence-electron chi connectivity index (χ3n) is 4.87. The molecule has 1 rings (SSSR count). The van der Waals surface area contributed by atoms with E-state index >= 15 is 0 Å². The number of carbonyl (C=O) groups is 3. The maximum absolute atomic E-state index is 12.9. The standard InChI is InChI=1S/C22H36N4O5/c1-14(2)9-10-17(24)20(27)26-19(21(28)25-18(11-12-23)22(29)30)15(3)31-13-16-7-5-4-6-8-16/h4-8,14-15,17-19H,9-13,23-24H2,1-3H3,(H,25,28)(H,26,27)(H,29,30)/t15-,17+,18+,19+/m1/s1. The monoisotopic (exact) mass is 436 g/mol. The van der Waals surface area contributed by atoms with Crippen molar-refractivity contribution in [2.45, 2.75) is 70.9 Å². The van der Waals surface area contributed by atoms with Gasteiger partial charge in [0.2, 0.25) is 11.8 Å². The summed E-state index contributed by atoms with van der Waals surface area (Å²) < 4.78 is 5.80. The molecule has 174 valence electrons. The SMILES string of the molecule is CC(C)CC[C@H](N)C(=O)N[C@H](C(=O)N[C@@H](CCN)C(=O)O)[C@@H](C)OCc1ccccc1. The highest BCUT2D eigenvalue weighted by molar-refractivity contribution is 5.92. The second-order valence-corrected chi connectivity index (χ2v) is 8.04. The van der Waals surface area contributed by atoms with Crippen molar-refractivity contribution in [1.29, 1.82) is 0 Å². The minimum absolute atomic E-state index is 0.0644. The predicted octanol–water partition coefficient (Wildman–Crippen LogP) is 0.758. The highest BCUT2D eigenvalue weighted by Crippen LogP contribution is 2.09. The Kier molecular flexibility index (Phi) is 11.8. The van der Waals surface area contributed by atoms with Crippen LogP contribution in [0.2, 0.25) is 0 Å². The molecule has 9 nitrogen and oxygen atoms in total. The van der Waals surface area contributed by atoms with Gasteiger partial charge in [0.15, 0.2) is 0 Å². The summed E-state index contributed by atoms with van der Waals surface area (Å²) in [5.41, 5.74) is 12.3. The van der Waals surface area contributed by atoms with E-state index in [1.165, 1.54) is 0 Å². The van der Waals surface area contributed by atoms with Gasteiger partial charge in [0.1, 0.15) is 12.1 Å². The van der Waals surface area contributed by atoms with Gasteiger partial charge in [-0.05, 0) is 44.2 Å². The fourth-order valence-electron chi connectivity index (χ4n) is 2.88. The predicted molar refractivity (Wildman–Crippen MR) is 118 cm³/mol. The van der Waals surface area contributed by atoms with Gasteiger partial charge in [0.25, 0.3) is 0 Å². The molecule has 0 unspecified atom stereocenters. The van der Waals surface area contributed by atoms with Crippen molar-refractivity contribution in [1.82, 2.24) is 10.6 Å². The molecule has 0 aromatic heterocycles. The number of aliphatic carboxylic acids is 1. The van der Waals surface area contributed by atoms with Gasteiger partial charge >= 0.3 is 5.97 Å². The zero-order valence-corrected chi connectivity index (χ0v) is 18.5. The third-order valence-corrected chi connectivity index (χ3v) is 4.87. The molecule has 0 saturated carbocycles. The topological polar surface area (TPSA) is 157 Å². The summed E-state index contributed by atoms with van der Waals surface area (Å²) in [6.45, 7) is 6.03. The Balaban J connectivity index is 2.89. The lowest BCUT2D eigenvalue weighted by Crippen LogP contribution is -2.58. The van der Waals surface area contributed by atoms with Crippen molar-refractivity contribution in [2.75, 3.05) is 6.54 Å². The van der Waals surface area contributed by atoms with Crippen molar-refractivity contribution in [3.8, 4) is 0 Å². The van der Waals surface area contributed by atoms with Crippen LogP contribution in [0.1, 0.15) is 45.6 Å². The van der Waals surface area contributed by atoms with Gasteiger partial charge in [-0.25, -0.2) is 4.79 Å². The first-order valence-corrected chi connectivity index (χ1v) is 10.6. The van der Waals surface area contributed by atoms with Crippen LogP contribution in [0.5, 0.6) is 0 Å². The number of hydrogen-bond donors (Lipinski definition) is 5. The summed E-state index contributed by atoms with van der Waals surface area (Å²) >= 11 is 0. The van der Waals surface area contributed by atoms with Crippen LogP contribution in [0.3, 0.4) is 0 Å². The lowest BCUT2D eigenvalue weighted by Gasteiger charge is -2.27. The highest BCUT2D eigenvalue weighted by atomic mass is 16.5. The fraction of sp³-hybridized carbons (Fsp3) is 0.591. The van der Waals surface area contributed by atoms with Gasteiger partial charge in [-0.15, -0.1) is 0 Å². The number of nitrogens with one attached hydrogen (secondary N) is 2. The molecule has 0 radical (unpaired) electrons. The van der Waals surface area contributed by atoms with Crippen molar-refractivity contribution in [3.63, 3.8) is 0 Å². The van der Waals surface area contributed by atoms with E-state index in [0.29, 0.717) is 12.3 Å². The average Bonchev–Trinajstić information content (AvgIpc) is 2.73. The second kappa shape index (κ2) is 13.7. The molecule has 4 atom stereocenters. The maximum atomic E-state index is 12.9. The lowest BCUT2D eigenvalue weighted by molar-refractivity contribution is -0.143. The summed E-state index contributed by atoms with van der Waals surface area (Å²) in [6, 6.07) is 6.33. The number of carboxylic acids is 1. The van der Waals surface area contributed by atoms with Crippen LogP contribution in [-0.2, 0) is 25.7 Å². The first-order valence-electron chi connectivity index (χ1n) is 10.6. The second-order valence-electron chi connectivity index (χ2n) is 8.04. The van der Waals surface area contributed by atoms with Gasteiger partial charge < -0.3 is 31.9 Å². The largest absolute Gasteiger partial charge is 0.480 e. The van der Waals surface area contributed by atoms with E-state index in [1.807, 2.05) is 44.2 Å². The molecule has 0 saturated heterocycles. The number of benzene rings is 1. The van der Waals surface area contributed by atoms with Gasteiger partial charge in [0, 0.05) is 0 Å². The van der Waals surface area contributed by atoms with E-state index in [4.69, 9.17) is 16.2 Å². The molecule has 0 aliphatic carbocycles. The van der Waals surface area contributed by atoms with Gasteiger partial charge in [-0.3, -0.25) is 9.59 Å². The fourth-order valence-corrected chi connectivity index (χ4v) is 2.88. The Morgan fingerprint density at radius 3 is 2.19 bits per heavy atom. The van der Waals surface area contributed by atoms with Crippen LogP contribution in [0, 0.1) is 5.92 Å². The molecule has 1 aromatic rings. The van der Waals surface area contributed by atoms with Gasteiger partial charge in [0.05, 0.1) is 18.8 Å². The first-order chi connectivity index (χ1) is 14.6. The Hall–Kier alpha value is -2.49. The normalized spacial score (nSPS) is 15.0. The molecule has 0 heterocycles. The summed E-state index contributed by atoms with van der Waals surface area (Å²) in [7, 11) is 0. The number of nitrogens with two attached hydrogens (primary N) is 2. The summed E-state index contributed by atoms with van der Waals surface area (Å²) in [5, 5.41) is 14.4. The van der Waals surface area contributed by atoms with Gasteiger partial charge in [-0.2, -0.15) is 0 Å². The molecule has 31 heavy (non-hydrogen) atoms. The number of amides is 2. The summed E-state index contributed by atoms with van der Waals surface area (Å²) in [4.78, 5) is 36.8. The first kappa shape index (κ1) is 26.5. The molecule has 2 amide bonds. The molecular weight excluding hydrogens is 400 g/mol. The van der Waals surface area contributed by atoms with Crippen molar-refractivity contribution >= 4 is 17.8 Å². The molecular formula is C22H36N4O5. The highest BCUT2D eigenvalue weighted by Gasteiger charge is 2.32. The molecule has 0 spiro atoms. The van der Waals surface area contributed by atoms with E-state index in [1.54, 1.807) is 6.92 Å². The molecule has 0 fully saturated rings. The zero-order valence-electron chi connectivity index (χ0n) is 18.5. The number of carbonyl (C=O) groups excluding carboxylic acids is 2. The van der Waals surface area contributed by atoms with Crippen LogP contribution >= 0.6 is 0 Å². The lowest BCUT2D eigenvalue weighted by atomic mass is 10.0. The van der Waals surface area contributed by atoms with Crippen molar-refractivity contribution < 1.29 is 24.2 Å². The molecule has 0 aliphatic heterocycles. The van der Waals surface area contributed by atoms with Crippen LogP contribution < -0.4 is 22.1 Å². The Bertz CT molecular complexity index is 698. The van der Waals surface area contributed by atoms with E-state index in [2.05, 4.69) is 10.6 Å². The molecule has 0 bridgehead atoms. The Labute approximate surface area is 183 Å². The van der Waals surface area contributed by atoms with E-state index < -0.39 is 42.0 Å². The molecule has 1 aromatic carbocycles. The third kappa shape index (κ3) is 9.91. The molecule has 0 aliphatic rings. The van der Waals surface area contributed by atoms with Crippen LogP contribution in [0.4, 0.5) is 0 Å². The number of rotatable bonds is 14. The number of ether oxygens (including phenoxy) is 1. The molecule has 9 heteroatoms. The Morgan fingerprint density at radius 2 is 1.65 bits per heavy atom. The number of hydrogen-bond acceptors (Lipinski definition) is 6. The summed E-state index contributed by atoms with van der Waals surface area (Å²) in [5.74, 6) is -1.96. The van der Waals surface area contributed by atoms with Crippen LogP contribution in [-0.4, -0.2) is 53.7 Å².